The molecule has 2 aromatic rings. The molecule has 0 unspecified atom stereocenters. The van der Waals surface area contributed by atoms with E-state index in [1.807, 2.05) is 0 Å². The third kappa shape index (κ3) is 1.87. The molecule has 1 aliphatic rings. The summed E-state index contributed by atoms with van der Waals surface area (Å²) in [6.07, 6.45) is 0. The Balaban J connectivity index is 2.00. The maximum absolute atomic E-state index is 12.3. The molecule has 0 aliphatic carbocycles. The van der Waals surface area contributed by atoms with E-state index in [1.165, 1.54) is 0 Å². The average molecular weight is 330 g/mol. The number of hydrogen-bond acceptors (Lipinski definition) is 3. The topological polar surface area (TPSA) is 54.5 Å². The van der Waals surface area contributed by atoms with Gasteiger partial charge in [0, 0.05) is 10.0 Å². The van der Waals surface area contributed by atoms with Crippen LogP contribution in [0.3, 0.4) is 0 Å². The Morgan fingerprint density at radius 2 is 1.35 bits per heavy atom. The fourth-order valence-electron chi connectivity index (χ4n) is 2.10. The van der Waals surface area contributed by atoms with E-state index in [4.69, 9.17) is 0 Å². The fraction of sp³-hybridized carbons (Fsp3) is 0. The second-order valence-corrected chi connectivity index (χ2v) is 5.22. The monoisotopic (exact) mass is 329 g/mol. The van der Waals surface area contributed by atoms with Gasteiger partial charge in [-0.25, -0.2) is 4.90 Å². The predicted octanol–water partition coefficient (Wildman–Crippen LogP) is 2.89. The summed E-state index contributed by atoms with van der Waals surface area (Å²) < 4.78 is 0.816. The minimum atomic E-state index is -0.608. The van der Waals surface area contributed by atoms with Crippen LogP contribution in [-0.4, -0.2) is 22.6 Å². The third-order valence-electron chi connectivity index (χ3n) is 3.09. The number of rotatable bonds is 1. The van der Waals surface area contributed by atoms with Crippen molar-refractivity contribution in [1.29, 1.82) is 0 Å². The van der Waals surface area contributed by atoms with Crippen molar-refractivity contribution in [3.05, 3.63) is 69.7 Å². The van der Waals surface area contributed by atoms with Crippen LogP contribution in [0.25, 0.3) is 0 Å². The van der Waals surface area contributed by atoms with E-state index in [1.54, 1.807) is 48.5 Å². The zero-order chi connectivity index (χ0) is 14.3. The number of fused-ring (bicyclic) bond motifs is 1. The number of halogens is 1. The lowest BCUT2D eigenvalue weighted by molar-refractivity contribution is 0.0566. The van der Waals surface area contributed by atoms with Gasteiger partial charge in [-0.05, 0) is 36.4 Å². The molecule has 0 N–H and O–H groups in total. The molecule has 0 fully saturated rings. The fourth-order valence-corrected chi connectivity index (χ4v) is 2.36. The average Bonchev–Trinajstić information content (AvgIpc) is 2.72. The van der Waals surface area contributed by atoms with Crippen molar-refractivity contribution in [2.75, 3.05) is 0 Å². The molecule has 3 amide bonds. The molecule has 0 atom stereocenters. The van der Waals surface area contributed by atoms with Gasteiger partial charge in [-0.2, -0.15) is 0 Å². The highest BCUT2D eigenvalue weighted by Crippen LogP contribution is 2.24. The Hall–Kier alpha value is -2.27. The highest BCUT2D eigenvalue weighted by atomic mass is 79.9. The van der Waals surface area contributed by atoms with Gasteiger partial charge in [0.2, 0.25) is 0 Å². The van der Waals surface area contributed by atoms with Crippen LogP contribution >= 0.6 is 15.9 Å². The van der Waals surface area contributed by atoms with Gasteiger partial charge in [-0.1, -0.05) is 28.1 Å². The van der Waals surface area contributed by atoms with Gasteiger partial charge in [0.15, 0.2) is 0 Å². The number of imide groups is 3. The summed E-state index contributed by atoms with van der Waals surface area (Å²) in [6.45, 7) is 0. The smallest absolute Gasteiger partial charge is 0.268 e. The van der Waals surface area contributed by atoms with Crippen LogP contribution in [0.4, 0.5) is 0 Å². The maximum atomic E-state index is 12.3. The lowest BCUT2D eigenvalue weighted by Gasteiger charge is -2.11. The quantitative estimate of drug-likeness (QED) is 0.756. The Morgan fingerprint density at radius 1 is 0.850 bits per heavy atom. The van der Waals surface area contributed by atoms with Gasteiger partial charge in [0.05, 0.1) is 11.1 Å². The number of carbonyl (C=O) groups excluding carboxylic acids is 3. The molecule has 5 heteroatoms. The summed E-state index contributed by atoms with van der Waals surface area (Å²) >= 11 is 3.27. The summed E-state index contributed by atoms with van der Waals surface area (Å²) in [5.74, 6) is -1.75. The van der Waals surface area contributed by atoms with Crippen molar-refractivity contribution < 1.29 is 14.4 Å². The molecule has 2 aromatic carbocycles. The Labute approximate surface area is 123 Å². The van der Waals surface area contributed by atoms with Crippen molar-refractivity contribution in [2.45, 2.75) is 0 Å². The first-order valence-corrected chi connectivity index (χ1v) is 6.66. The van der Waals surface area contributed by atoms with Crippen LogP contribution in [0.15, 0.2) is 53.0 Å². The first-order chi connectivity index (χ1) is 9.59. The van der Waals surface area contributed by atoms with Crippen LogP contribution in [0.5, 0.6) is 0 Å². The number of hydrogen-bond donors (Lipinski definition) is 0. The minimum Gasteiger partial charge on any atom is -0.268 e. The van der Waals surface area contributed by atoms with Gasteiger partial charge in [0.25, 0.3) is 17.7 Å². The first kappa shape index (κ1) is 12.7. The van der Waals surface area contributed by atoms with Crippen molar-refractivity contribution in [1.82, 2.24) is 4.90 Å². The normalized spacial score (nSPS) is 13.6. The van der Waals surface area contributed by atoms with Crippen LogP contribution in [0.2, 0.25) is 0 Å². The Bertz CT molecular complexity index is 702. The van der Waals surface area contributed by atoms with Gasteiger partial charge >= 0.3 is 0 Å². The number of benzene rings is 2. The molecule has 4 nitrogen and oxygen atoms in total. The van der Waals surface area contributed by atoms with Crippen molar-refractivity contribution >= 4 is 33.7 Å². The largest absolute Gasteiger partial charge is 0.268 e. The summed E-state index contributed by atoms with van der Waals surface area (Å²) in [7, 11) is 0. The lowest BCUT2D eigenvalue weighted by atomic mass is 10.1. The predicted molar refractivity (Wildman–Crippen MR) is 75.4 cm³/mol. The zero-order valence-electron chi connectivity index (χ0n) is 10.2. The van der Waals surface area contributed by atoms with E-state index in [0.29, 0.717) is 10.5 Å². The molecule has 1 heterocycles. The Kier molecular flexibility index (Phi) is 2.99. The molecule has 0 spiro atoms. The molecule has 0 saturated carbocycles. The van der Waals surface area contributed by atoms with Crippen LogP contribution in [0, 0.1) is 0 Å². The summed E-state index contributed by atoms with van der Waals surface area (Å²) in [6, 6.07) is 12.9. The zero-order valence-corrected chi connectivity index (χ0v) is 11.8. The van der Waals surface area contributed by atoms with E-state index in [9.17, 15) is 14.4 Å². The second kappa shape index (κ2) is 4.68. The molecule has 20 heavy (non-hydrogen) atoms. The van der Waals surface area contributed by atoms with Crippen LogP contribution in [0.1, 0.15) is 31.1 Å². The summed E-state index contributed by atoms with van der Waals surface area (Å²) in [5, 5.41) is 0. The van der Waals surface area contributed by atoms with Gasteiger partial charge in [-0.15, -0.1) is 0 Å². The number of nitrogens with zero attached hydrogens (tertiary/aromatic N) is 1. The highest BCUT2D eigenvalue weighted by Gasteiger charge is 2.39. The minimum absolute atomic E-state index is 0.267. The molecule has 0 bridgehead atoms. The number of carbonyl (C=O) groups is 3. The third-order valence-corrected chi connectivity index (χ3v) is 3.62. The SMILES string of the molecule is O=C(c1ccc(Br)cc1)N1C(=O)c2ccccc2C1=O. The molecule has 98 valence electrons. The summed E-state index contributed by atoms with van der Waals surface area (Å²) in [4.78, 5) is 37.3. The van der Waals surface area contributed by atoms with E-state index < -0.39 is 17.7 Å². The molecule has 0 radical (unpaired) electrons. The van der Waals surface area contributed by atoms with Crippen molar-refractivity contribution in [2.24, 2.45) is 0 Å². The van der Waals surface area contributed by atoms with Gasteiger partial charge < -0.3 is 0 Å². The van der Waals surface area contributed by atoms with E-state index in [2.05, 4.69) is 15.9 Å². The molecule has 0 aromatic heterocycles. The molecule has 3 rings (SSSR count). The second-order valence-electron chi connectivity index (χ2n) is 4.30. The van der Waals surface area contributed by atoms with Gasteiger partial charge in [-0.3, -0.25) is 14.4 Å². The Morgan fingerprint density at radius 3 is 1.85 bits per heavy atom. The molecular weight excluding hydrogens is 322 g/mol. The van der Waals surface area contributed by atoms with Gasteiger partial charge in [0.1, 0.15) is 0 Å². The molecule has 1 aliphatic heterocycles. The summed E-state index contributed by atoms with van der Waals surface area (Å²) in [5.41, 5.74) is 0.827. The van der Waals surface area contributed by atoms with E-state index >= 15 is 0 Å². The lowest BCUT2D eigenvalue weighted by Crippen LogP contribution is -2.36. The maximum Gasteiger partial charge on any atom is 0.268 e. The van der Waals surface area contributed by atoms with E-state index in [0.717, 1.165) is 4.47 Å². The highest BCUT2D eigenvalue weighted by molar-refractivity contribution is 9.10. The van der Waals surface area contributed by atoms with Crippen LogP contribution in [-0.2, 0) is 0 Å². The van der Waals surface area contributed by atoms with Crippen molar-refractivity contribution in [3.8, 4) is 0 Å². The standard InChI is InChI=1S/C15H8BrNO3/c16-10-7-5-9(6-8-10)13(18)17-14(19)11-3-1-2-4-12(11)15(17)20/h1-8H. The van der Waals surface area contributed by atoms with E-state index in [-0.39, 0.29) is 11.1 Å². The molecule has 0 saturated heterocycles. The molecular formula is C15H8BrNO3. The number of amides is 3. The van der Waals surface area contributed by atoms with Crippen molar-refractivity contribution in [3.63, 3.8) is 0 Å². The first-order valence-electron chi connectivity index (χ1n) is 5.87. The van der Waals surface area contributed by atoms with Crippen LogP contribution < -0.4 is 0 Å².